The van der Waals surface area contributed by atoms with Gasteiger partial charge in [-0.15, -0.1) is 0 Å². The molecule has 1 aliphatic rings. The number of esters is 2. The number of non-ortho nitro benzene ring substituents is 1. The number of carbonyl (C=O) groups is 4. The van der Waals surface area contributed by atoms with Gasteiger partial charge in [-0.3, -0.25) is 29.9 Å². The fourth-order valence-electron chi connectivity index (χ4n) is 4.14. The molecule has 1 heterocycles. The molecular weight excluding hydrogens is 598 g/mol. The predicted molar refractivity (Wildman–Crippen MR) is 158 cm³/mol. The molecule has 1 atom stereocenters. The van der Waals surface area contributed by atoms with E-state index in [1.165, 1.54) is 64.3 Å². The first-order valence-electron chi connectivity index (χ1n) is 13.2. The first kappa shape index (κ1) is 37.5. The number of aryl methyl sites for hydroxylation is 2. The van der Waals surface area contributed by atoms with Gasteiger partial charge in [0.1, 0.15) is 11.3 Å². The van der Waals surface area contributed by atoms with Crippen molar-refractivity contribution in [2.24, 2.45) is 0 Å². The van der Waals surface area contributed by atoms with Gasteiger partial charge in [-0.2, -0.15) is 0 Å². The maximum absolute atomic E-state index is 11.3. The molecule has 0 aromatic heterocycles. The molecule has 16 heteroatoms. The van der Waals surface area contributed by atoms with Crippen molar-refractivity contribution in [1.82, 2.24) is 4.90 Å². The Kier molecular flexibility index (Phi) is 14.1. The number of amides is 1. The van der Waals surface area contributed by atoms with Gasteiger partial charge in [0.15, 0.2) is 11.5 Å². The summed E-state index contributed by atoms with van der Waals surface area (Å²) in [6, 6.07) is 3.49. The van der Waals surface area contributed by atoms with E-state index in [-0.39, 0.29) is 51.1 Å². The maximum atomic E-state index is 11.3. The van der Waals surface area contributed by atoms with Crippen LogP contribution in [0.5, 0.6) is 11.5 Å². The van der Waals surface area contributed by atoms with Gasteiger partial charge in [0, 0.05) is 36.4 Å². The van der Waals surface area contributed by atoms with Crippen LogP contribution >= 0.6 is 0 Å². The van der Waals surface area contributed by atoms with Crippen molar-refractivity contribution >= 4 is 35.2 Å². The van der Waals surface area contributed by atoms with Crippen molar-refractivity contribution in [3.8, 4) is 11.5 Å². The largest absolute Gasteiger partial charge is 0.507 e. The number of carbonyl (C=O) groups excluding carboxylic acids is 4. The van der Waals surface area contributed by atoms with Crippen molar-refractivity contribution in [2.75, 3.05) is 21.3 Å². The molecule has 0 radical (unpaired) electrons. The van der Waals surface area contributed by atoms with Crippen LogP contribution in [0, 0.1) is 41.0 Å². The summed E-state index contributed by atoms with van der Waals surface area (Å²) in [5.41, 5.74) is -0.220. The zero-order chi connectivity index (χ0) is 34.6. The lowest BCUT2D eigenvalue weighted by Gasteiger charge is -2.29. The Bertz CT molecular complexity index is 1500. The molecule has 0 saturated carbocycles. The maximum Gasteiger partial charge on any atom is 0.413 e. The van der Waals surface area contributed by atoms with Crippen LogP contribution in [0.25, 0.3) is 0 Å². The SMILES string of the molecule is CCCC1CC(=O)C=CN1C(=O)OC.COC(=O)c1cc(C)c(O)c([N+](=O)[O-])c1C.COC(=O)c1cc([N+](=O)[O-])cc(C)c1O. The second kappa shape index (κ2) is 16.9. The van der Waals surface area contributed by atoms with Gasteiger partial charge in [0.05, 0.1) is 36.7 Å². The minimum atomic E-state index is -0.806. The molecule has 0 aliphatic carbocycles. The lowest BCUT2D eigenvalue weighted by atomic mass is 10.0. The molecule has 1 aliphatic heterocycles. The van der Waals surface area contributed by atoms with Crippen molar-refractivity contribution in [1.29, 1.82) is 0 Å². The van der Waals surface area contributed by atoms with Crippen LogP contribution in [0.1, 0.15) is 63.6 Å². The van der Waals surface area contributed by atoms with E-state index in [1.54, 1.807) is 0 Å². The monoisotopic (exact) mass is 633 g/mol. The Morgan fingerprint density at radius 1 is 0.889 bits per heavy atom. The number of hydrogen-bond acceptors (Lipinski definition) is 13. The Labute approximate surface area is 258 Å². The van der Waals surface area contributed by atoms with E-state index >= 15 is 0 Å². The van der Waals surface area contributed by atoms with E-state index in [1.807, 2.05) is 6.92 Å². The smallest absolute Gasteiger partial charge is 0.413 e. The molecule has 2 aromatic carbocycles. The van der Waals surface area contributed by atoms with E-state index in [0.717, 1.165) is 26.0 Å². The summed E-state index contributed by atoms with van der Waals surface area (Å²) < 4.78 is 13.5. The molecule has 1 amide bonds. The highest BCUT2D eigenvalue weighted by atomic mass is 16.6. The fourth-order valence-corrected chi connectivity index (χ4v) is 4.14. The van der Waals surface area contributed by atoms with Crippen LogP contribution in [0.2, 0.25) is 0 Å². The van der Waals surface area contributed by atoms with Crippen LogP contribution in [-0.4, -0.2) is 76.1 Å². The quantitative estimate of drug-likeness (QED) is 0.189. The third-order valence-corrected chi connectivity index (χ3v) is 6.47. The molecule has 45 heavy (non-hydrogen) atoms. The molecule has 2 aromatic rings. The van der Waals surface area contributed by atoms with Gasteiger partial charge >= 0.3 is 23.7 Å². The second-order valence-corrected chi connectivity index (χ2v) is 9.53. The van der Waals surface area contributed by atoms with E-state index in [9.17, 15) is 49.6 Å². The minimum Gasteiger partial charge on any atom is -0.507 e. The highest BCUT2D eigenvalue weighted by Gasteiger charge is 2.27. The average Bonchev–Trinajstić information content (AvgIpc) is 2.99. The van der Waals surface area contributed by atoms with Crippen molar-refractivity contribution < 1.29 is 53.4 Å². The summed E-state index contributed by atoms with van der Waals surface area (Å²) in [6.07, 6.45) is 4.71. The van der Waals surface area contributed by atoms with E-state index in [4.69, 9.17) is 0 Å². The molecule has 244 valence electrons. The Hall–Kier alpha value is -5.54. The standard InChI is InChI=1S/C10H11NO5.C10H15NO3.C9H9NO5/c1-5-4-7(10(13)16-3)6(2)8(9(5)12)11(14)15;1-3-4-8-7-9(12)5-6-11(8)10(13)14-2;1-5-3-6(10(13)14)4-7(8(5)11)9(12)15-2/h4,12H,1-3H3;5-6,8H,3-4,7H2,1-2H3;3-4,11H,1-2H3. The second-order valence-electron chi connectivity index (χ2n) is 9.53. The number of aromatic hydroxyl groups is 2. The number of hydrogen-bond donors (Lipinski definition) is 2. The first-order chi connectivity index (χ1) is 21.0. The Morgan fingerprint density at radius 2 is 1.44 bits per heavy atom. The average molecular weight is 634 g/mol. The topological polar surface area (TPSA) is 226 Å². The number of ketones is 1. The highest BCUT2D eigenvalue weighted by molar-refractivity contribution is 5.94. The molecule has 1 unspecified atom stereocenters. The number of benzene rings is 2. The van der Waals surface area contributed by atoms with E-state index in [2.05, 4.69) is 14.2 Å². The molecule has 0 spiro atoms. The van der Waals surface area contributed by atoms with Gasteiger partial charge in [-0.05, 0) is 50.5 Å². The summed E-state index contributed by atoms with van der Waals surface area (Å²) in [7, 11) is 3.67. The third-order valence-electron chi connectivity index (χ3n) is 6.47. The van der Waals surface area contributed by atoms with Crippen LogP contribution in [0.4, 0.5) is 16.2 Å². The van der Waals surface area contributed by atoms with E-state index in [0.29, 0.717) is 6.42 Å². The fraction of sp³-hybridized carbons (Fsp3) is 0.379. The summed E-state index contributed by atoms with van der Waals surface area (Å²) in [5, 5.41) is 40.3. The van der Waals surface area contributed by atoms with Gasteiger partial charge in [0.25, 0.3) is 5.69 Å². The number of allylic oxidation sites excluding steroid dienone is 1. The van der Waals surface area contributed by atoms with E-state index < -0.39 is 39.3 Å². The zero-order valence-corrected chi connectivity index (χ0v) is 25.8. The van der Waals surface area contributed by atoms with Crippen molar-refractivity contribution in [3.05, 3.63) is 78.5 Å². The molecule has 0 bridgehead atoms. The number of methoxy groups -OCH3 is 3. The summed E-state index contributed by atoms with van der Waals surface area (Å²) in [6.45, 7) is 6.37. The predicted octanol–water partition coefficient (Wildman–Crippen LogP) is 4.81. The number of phenolic OH excluding ortho intramolecular Hbond substituents is 2. The summed E-state index contributed by atoms with van der Waals surface area (Å²) in [4.78, 5) is 66.3. The number of rotatable bonds is 6. The number of phenols is 2. The van der Waals surface area contributed by atoms with Gasteiger partial charge < -0.3 is 24.4 Å². The number of nitrogens with zero attached hydrogens (tertiary/aromatic N) is 3. The van der Waals surface area contributed by atoms with Crippen LogP contribution < -0.4 is 0 Å². The number of nitro benzene ring substituents is 2. The zero-order valence-electron chi connectivity index (χ0n) is 25.8. The van der Waals surface area contributed by atoms with Crippen LogP contribution in [0.15, 0.2) is 30.5 Å². The Balaban J connectivity index is 0.000000338. The number of nitro groups is 2. The highest BCUT2D eigenvalue weighted by Crippen LogP contribution is 2.35. The lowest BCUT2D eigenvalue weighted by molar-refractivity contribution is -0.386. The first-order valence-corrected chi connectivity index (χ1v) is 13.2. The third kappa shape index (κ3) is 9.74. The van der Waals surface area contributed by atoms with Crippen LogP contribution in [0.3, 0.4) is 0 Å². The Morgan fingerprint density at radius 3 is 1.93 bits per heavy atom. The molecule has 2 N–H and O–H groups in total. The molecule has 0 fully saturated rings. The normalized spacial score (nSPS) is 13.4. The molecule has 3 rings (SSSR count). The molecule has 0 saturated heterocycles. The van der Waals surface area contributed by atoms with Gasteiger partial charge in [0.2, 0.25) is 0 Å². The van der Waals surface area contributed by atoms with Crippen LogP contribution in [-0.2, 0) is 19.0 Å². The summed E-state index contributed by atoms with van der Waals surface area (Å²) in [5.74, 6) is -2.12. The lowest BCUT2D eigenvalue weighted by Crippen LogP contribution is -2.39. The van der Waals surface area contributed by atoms with Crippen molar-refractivity contribution in [2.45, 2.75) is 53.0 Å². The van der Waals surface area contributed by atoms with Gasteiger partial charge in [-0.1, -0.05) is 13.3 Å². The number of ether oxygens (including phenoxy) is 3. The summed E-state index contributed by atoms with van der Waals surface area (Å²) >= 11 is 0. The molecule has 16 nitrogen and oxygen atoms in total. The van der Waals surface area contributed by atoms with Gasteiger partial charge in [-0.25, -0.2) is 14.4 Å². The van der Waals surface area contributed by atoms with Crippen molar-refractivity contribution in [3.63, 3.8) is 0 Å². The molecular formula is C29H35N3O13. The minimum absolute atomic E-state index is 0.0371.